The van der Waals surface area contributed by atoms with Crippen molar-refractivity contribution in [3.63, 3.8) is 0 Å². The molecule has 1 heterocycles. The van der Waals surface area contributed by atoms with Crippen molar-refractivity contribution >= 4 is 35.0 Å². The Kier molecular flexibility index (Phi) is 7.32. The van der Waals surface area contributed by atoms with Crippen LogP contribution in [0.5, 0.6) is 0 Å². The minimum Gasteiger partial charge on any atom is -0.335 e. The van der Waals surface area contributed by atoms with Gasteiger partial charge in [0.1, 0.15) is 5.82 Å². The molecule has 2 amide bonds. The fourth-order valence-corrected chi connectivity index (χ4v) is 3.67. The van der Waals surface area contributed by atoms with Crippen LogP contribution in [0.3, 0.4) is 0 Å². The normalized spacial score (nSPS) is 16.8. The zero-order chi connectivity index (χ0) is 22.4. The van der Waals surface area contributed by atoms with Crippen LogP contribution in [0.4, 0.5) is 20.6 Å². The number of amides is 2. The lowest BCUT2D eigenvalue weighted by atomic mass is 10.00. The molecule has 2 aromatic rings. The van der Waals surface area contributed by atoms with Gasteiger partial charge < -0.3 is 20.4 Å². The van der Waals surface area contributed by atoms with E-state index in [0.717, 1.165) is 0 Å². The molecule has 0 saturated carbocycles. The second kappa shape index (κ2) is 10.1. The standard InChI is InChI=1S/C22H24ClFN6O/c1-15(2)20-13-29(22(31)27-17-7-5-6-16(24)12-17)10-11-30(20)21(26-14-25)28-19-9-4-3-8-18(19)23/h3-9,12,15,20H,10-11,13H2,1-2H3,(H,26,28)(H,27,31). The van der Waals surface area contributed by atoms with Gasteiger partial charge in [-0.2, -0.15) is 5.26 Å². The van der Waals surface area contributed by atoms with E-state index in [2.05, 4.69) is 15.6 Å². The van der Waals surface area contributed by atoms with E-state index in [1.165, 1.54) is 12.1 Å². The number of nitrogens with one attached hydrogen (secondary N) is 2. The molecule has 3 rings (SSSR count). The highest BCUT2D eigenvalue weighted by atomic mass is 35.5. The predicted octanol–water partition coefficient (Wildman–Crippen LogP) is 4.60. The van der Waals surface area contributed by atoms with Crippen LogP contribution in [-0.2, 0) is 0 Å². The number of nitrogens with zero attached hydrogens (tertiary/aromatic N) is 4. The number of rotatable bonds is 3. The fourth-order valence-electron chi connectivity index (χ4n) is 3.49. The van der Waals surface area contributed by atoms with E-state index >= 15 is 0 Å². The van der Waals surface area contributed by atoms with E-state index < -0.39 is 5.82 Å². The van der Waals surface area contributed by atoms with Crippen molar-refractivity contribution < 1.29 is 9.18 Å². The molecule has 0 aromatic heterocycles. The third-order valence-electron chi connectivity index (χ3n) is 5.10. The molecule has 162 valence electrons. The molecule has 2 aromatic carbocycles. The van der Waals surface area contributed by atoms with Crippen LogP contribution in [0, 0.1) is 23.2 Å². The van der Waals surface area contributed by atoms with Gasteiger partial charge in [-0.25, -0.2) is 9.18 Å². The molecule has 1 fully saturated rings. The van der Waals surface area contributed by atoms with Gasteiger partial charge in [-0.3, -0.25) is 0 Å². The summed E-state index contributed by atoms with van der Waals surface area (Å²) in [5.41, 5.74) is 1.05. The number of hydrogen-bond acceptors (Lipinski definition) is 3. The molecule has 1 unspecified atom stereocenters. The molecule has 1 atom stereocenters. The van der Waals surface area contributed by atoms with E-state index in [-0.39, 0.29) is 18.0 Å². The number of piperazine rings is 1. The molecule has 0 radical (unpaired) electrons. The van der Waals surface area contributed by atoms with Gasteiger partial charge in [-0.1, -0.05) is 43.6 Å². The summed E-state index contributed by atoms with van der Waals surface area (Å²) in [5.74, 6) is 0.145. The first kappa shape index (κ1) is 22.4. The Hall–Kier alpha value is -3.31. The van der Waals surface area contributed by atoms with Crippen LogP contribution in [0.1, 0.15) is 13.8 Å². The first-order chi connectivity index (χ1) is 14.9. The van der Waals surface area contributed by atoms with E-state index in [4.69, 9.17) is 11.6 Å². The number of urea groups is 1. The minimum absolute atomic E-state index is 0.0888. The number of para-hydroxylation sites is 1. The number of guanidine groups is 1. The predicted molar refractivity (Wildman–Crippen MR) is 120 cm³/mol. The third-order valence-corrected chi connectivity index (χ3v) is 5.43. The van der Waals surface area contributed by atoms with Gasteiger partial charge in [-0.15, -0.1) is 4.99 Å². The molecule has 9 heteroatoms. The minimum atomic E-state index is -0.411. The maximum Gasteiger partial charge on any atom is 0.321 e. The zero-order valence-electron chi connectivity index (χ0n) is 17.3. The van der Waals surface area contributed by atoms with Crippen LogP contribution in [-0.4, -0.2) is 47.5 Å². The van der Waals surface area contributed by atoms with Crippen molar-refractivity contribution in [2.75, 3.05) is 30.3 Å². The molecule has 0 spiro atoms. The average molecular weight is 443 g/mol. The Morgan fingerprint density at radius 3 is 2.68 bits per heavy atom. The number of nitriles is 1. The van der Waals surface area contributed by atoms with Crippen molar-refractivity contribution in [2.45, 2.75) is 19.9 Å². The third kappa shape index (κ3) is 5.64. The quantitative estimate of drug-likeness (QED) is 0.413. The van der Waals surface area contributed by atoms with Crippen molar-refractivity contribution in [1.82, 2.24) is 9.80 Å². The second-order valence-electron chi connectivity index (χ2n) is 7.53. The Labute approximate surface area is 186 Å². The smallest absolute Gasteiger partial charge is 0.321 e. The second-order valence-corrected chi connectivity index (χ2v) is 7.94. The number of aliphatic imine (C=N–C) groups is 1. The molecular formula is C22H24ClFN6O. The monoisotopic (exact) mass is 442 g/mol. The highest BCUT2D eigenvalue weighted by Gasteiger charge is 2.34. The molecule has 2 N–H and O–H groups in total. The van der Waals surface area contributed by atoms with Crippen molar-refractivity contribution in [2.24, 2.45) is 10.9 Å². The van der Waals surface area contributed by atoms with Crippen LogP contribution in [0.2, 0.25) is 5.02 Å². The van der Waals surface area contributed by atoms with Crippen LogP contribution < -0.4 is 10.6 Å². The Bertz CT molecular complexity index is 1010. The lowest BCUT2D eigenvalue weighted by Crippen LogP contribution is -2.60. The molecule has 31 heavy (non-hydrogen) atoms. The summed E-state index contributed by atoms with van der Waals surface area (Å²) in [6, 6.07) is 12.6. The van der Waals surface area contributed by atoms with Gasteiger partial charge in [0.15, 0.2) is 0 Å². The molecular weight excluding hydrogens is 419 g/mol. The van der Waals surface area contributed by atoms with Crippen LogP contribution in [0.25, 0.3) is 0 Å². The summed E-state index contributed by atoms with van der Waals surface area (Å²) in [7, 11) is 0. The summed E-state index contributed by atoms with van der Waals surface area (Å²) < 4.78 is 13.4. The number of benzene rings is 2. The van der Waals surface area contributed by atoms with Crippen LogP contribution in [0.15, 0.2) is 53.5 Å². The molecule has 0 bridgehead atoms. The number of hydrogen-bond donors (Lipinski definition) is 2. The average Bonchev–Trinajstić information content (AvgIpc) is 2.74. The topological polar surface area (TPSA) is 83.8 Å². The van der Waals surface area contributed by atoms with Crippen molar-refractivity contribution in [3.8, 4) is 6.19 Å². The zero-order valence-corrected chi connectivity index (χ0v) is 18.1. The summed E-state index contributed by atoms with van der Waals surface area (Å²) in [6.07, 6.45) is 1.85. The Balaban J connectivity index is 1.75. The molecule has 1 saturated heterocycles. The number of halogens is 2. The lowest BCUT2D eigenvalue weighted by Gasteiger charge is -2.44. The highest BCUT2D eigenvalue weighted by molar-refractivity contribution is 6.33. The fraction of sp³-hybridized carbons (Fsp3) is 0.318. The number of carbonyl (C=O) groups excluding carboxylic acids is 1. The van der Waals surface area contributed by atoms with Gasteiger partial charge in [0.25, 0.3) is 0 Å². The maximum absolute atomic E-state index is 13.4. The van der Waals surface area contributed by atoms with Crippen molar-refractivity contribution in [1.29, 1.82) is 5.26 Å². The summed E-state index contributed by atoms with van der Waals surface area (Å²) in [4.78, 5) is 20.4. The molecule has 7 nitrogen and oxygen atoms in total. The Morgan fingerprint density at radius 2 is 2.00 bits per heavy atom. The first-order valence-electron chi connectivity index (χ1n) is 9.95. The summed E-state index contributed by atoms with van der Waals surface area (Å²) in [5, 5.41) is 15.6. The number of anilines is 2. The van der Waals surface area contributed by atoms with Gasteiger partial charge in [-0.05, 0) is 36.2 Å². The van der Waals surface area contributed by atoms with Gasteiger partial charge in [0.2, 0.25) is 12.2 Å². The van der Waals surface area contributed by atoms with E-state index in [0.29, 0.717) is 42.0 Å². The van der Waals surface area contributed by atoms with Gasteiger partial charge in [0, 0.05) is 25.3 Å². The van der Waals surface area contributed by atoms with E-state index in [1.54, 1.807) is 23.1 Å². The molecule has 0 aliphatic carbocycles. The molecule has 1 aliphatic heterocycles. The SMILES string of the molecule is CC(C)C1CN(C(=O)Nc2cccc(F)c2)CCN1/C(=N/C#N)Nc1ccccc1Cl. The van der Waals surface area contributed by atoms with Gasteiger partial charge >= 0.3 is 6.03 Å². The van der Waals surface area contributed by atoms with Crippen molar-refractivity contribution in [3.05, 3.63) is 59.4 Å². The number of carbonyl (C=O) groups is 1. The maximum atomic E-state index is 13.4. The lowest BCUT2D eigenvalue weighted by molar-refractivity contribution is 0.120. The van der Waals surface area contributed by atoms with Crippen LogP contribution >= 0.6 is 11.6 Å². The summed E-state index contributed by atoms with van der Waals surface area (Å²) >= 11 is 6.25. The molecule has 1 aliphatic rings. The first-order valence-corrected chi connectivity index (χ1v) is 10.3. The largest absolute Gasteiger partial charge is 0.335 e. The highest BCUT2D eigenvalue weighted by Crippen LogP contribution is 2.24. The summed E-state index contributed by atoms with van der Waals surface area (Å²) in [6.45, 7) is 5.40. The van der Waals surface area contributed by atoms with E-state index in [1.807, 2.05) is 43.1 Å². The van der Waals surface area contributed by atoms with Gasteiger partial charge in [0.05, 0.1) is 16.8 Å². The Morgan fingerprint density at radius 1 is 1.23 bits per heavy atom. The van der Waals surface area contributed by atoms with E-state index in [9.17, 15) is 14.4 Å².